The summed E-state index contributed by atoms with van der Waals surface area (Å²) in [6.07, 6.45) is 0. The summed E-state index contributed by atoms with van der Waals surface area (Å²) in [7, 11) is 0. The Morgan fingerprint density at radius 1 is 1.29 bits per heavy atom. The summed E-state index contributed by atoms with van der Waals surface area (Å²) in [5.41, 5.74) is 2.90. The fourth-order valence-corrected chi connectivity index (χ4v) is 6.12. The van der Waals surface area contributed by atoms with Gasteiger partial charge in [0.15, 0.2) is 0 Å². The highest BCUT2D eigenvalue weighted by Gasteiger charge is 2.37. The molecule has 1 heterocycles. The van der Waals surface area contributed by atoms with Crippen molar-refractivity contribution in [2.24, 2.45) is 0 Å². The van der Waals surface area contributed by atoms with Crippen LogP contribution in [-0.4, -0.2) is 16.8 Å². The molecule has 1 aromatic carbocycles. The van der Waals surface area contributed by atoms with Crippen LogP contribution in [0.4, 0.5) is 0 Å². The summed E-state index contributed by atoms with van der Waals surface area (Å²) in [4.78, 5) is 0. The topological polar surface area (TPSA) is 0 Å². The van der Waals surface area contributed by atoms with E-state index in [9.17, 15) is 0 Å². The average molecular weight is 289 g/mol. The van der Waals surface area contributed by atoms with Crippen molar-refractivity contribution in [2.45, 2.75) is 11.0 Å². The highest BCUT2D eigenvalue weighted by molar-refractivity contribution is 9.09. The lowest BCUT2D eigenvalue weighted by Crippen LogP contribution is -2.17. The average Bonchev–Trinajstić information content (AvgIpc) is 2.68. The lowest BCUT2D eigenvalue weighted by molar-refractivity contribution is 1.03. The molecule has 0 amide bonds. The van der Waals surface area contributed by atoms with Gasteiger partial charge in [-0.2, -0.15) is 0 Å². The van der Waals surface area contributed by atoms with Crippen LogP contribution in [0.15, 0.2) is 24.3 Å². The first kappa shape index (κ1) is 10.9. The van der Waals surface area contributed by atoms with Gasteiger partial charge in [-0.25, -0.2) is 0 Å². The summed E-state index contributed by atoms with van der Waals surface area (Å²) in [6, 6.07) is 8.73. The van der Waals surface area contributed by atoms with Crippen LogP contribution in [0.1, 0.15) is 11.1 Å². The van der Waals surface area contributed by atoms with Crippen LogP contribution in [0.5, 0.6) is 0 Å². The highest BCUT2D eigenvalue weighted by atomic mass is 79.9. The van der Waals surface area contributed by atoms with Gasteiger partial charge in [0.2, 0.25) is 0 Å². The maximum atomic E-state index is 3.66. The molecule has 3 heteroatoms. The van der Waals surface area contributed by atoms with Gasteiger partial charge < -0.3 is 0 Å². The van der Waals surface area contributed by atoms with E-state index in [1.807, 2.05) is 0 Å². The molecule has 1 fully saturated rings. The summed E-state index contributed by atoms with van der Waals surface area (Å²) < 4.78 is 0.269. The molecule has 0 spiro atoms. The maximum absolute atomic E-state index is 3.66. The van der Waals surface area contributed by atoms with Gasteiger partial charge in [0.25, 0.3) is 0 Å². The Hall–Kier alpha value is 0.400. The number of alkyl halides is 1. The van der Waals surface area contributed by atoms with Crippen LogP contribution in [0.2, 0.25) is 0 Å². The minimum atomic E-state index is 0.269. The second kappa shape index (κ2) is 4.50. The van der Waals surface area contributed by atoms with E-state index in [1.54, 1.807) is 0 Å². The molecule has 0 atom stereocenters. The maximum Gasteiger partial charge on any atom is 0.0959 e. The molecule has 1 aliphatic rings. The largest absolute Gasteiger partial charge is 0.138 e. The third-order valence-electron chi connectivity index (χ3n) is 2.49. The highest BCUT2D eigenvalue weighted by Crippen LogP contribution is 2.53. The van der Waals surface area contributed by atoms with Crippen molar-refractivity contribution in [1.82, 2.24) is 0 Å². The molecule has 2 rings (SSSR count). The summed E-state index contributed by atoms with van der Waals surface area (Å²) in [6.45, 7) is 2.21. The van der Waals surface area contributed by atoms with Crippen molar-refractivity contribution in [3.63, 3.8) is 0 Å². The fourth-order valence-electron chi connectivity index (χ4n) is 1.76. The zero-order chi connectivity index (χ0) is 10.0. The Morgan fingerprint density at radius 3 is 2.50 bits per heavy atom. The van der Waals surface area contributed by atoms with Crippen molar-refractivity contribution in [1.29, 1.82) is 0 Å². The van der Waals surface area contributed by atoms with E-state index in [2.05, 4.69) is 70.6 Å². The molecule has 76 valence electrons. The minimum Gasteiger partial charge on any atom is -0.138 e. The number of thioether (sulfide) groups is 2. The van der Waals surface area contributed by atoms with E-state index in [0.29, 0.717) is 0 Å². The number of hydrogen-bond acceptors (Lipinski definition) is 2. The molecule has 14 heavy (non-hydrogen) atoms. The smallest absolute Gasteiger partial charge is 0.0959 e. The van der Waals surface area contributed by atoms with E-state index in [-0.39, 0.29) is 4.08 Å². The van der Waals surface area contributed by atoms with E-state index in [4.69, 9.17) is 0 Å². The summed E-state index contributed by atoms with van der Waals surface area (Å²) in [5.74, 6) is 2.54. The number of rotatable bonds is 2. The van der Waals surface area contributed by atoms with Gasteiger partial charge in [-0.05, 0) is 18.1 Å². The van der Waals surface area contributed by atoms with E-state index in [1.165, 1.54) is 22.6 Å². The number of aryl methyl sites for hydroxylation is 1. The van der Waals surface area contributed by atoms with Gasteiger partial charge in [0.1, 0.15) is 0 Å². The van der Waals surface area contributed by atoms with Crippen molar-refractivity contribution >= 4 is 39.5 Å². The SMILES string of the molecule is Cc1ccccc1C1(CBr)SCCS1. The first-order chi connectivity index (χ1) is 6.78. The van der Waals surface area contributed by atoms with Gasteiger partial charge in [-0.3, -0.25) is 0 Å². The second-order valence-electron chi connectivity index (χ2n) is 3.40. The van der Waals surface area contributed by atoms with Crippen LogP contribution in [0.25, 0.3) is 0 Å². The second-order valence-corrected chi connectivity index (χ2v) is 7.01. The van der Waals surface area contributed by atoms with Crippen molar-refractivity contribution < 1.29 is 0 Å². The number of hydrogen-bond donors (Lipinski definition) is 0. The summed E-state index contributed by atoms with van der Waals surface area (Å²) in [5, 5.41) is 1.04. The number of halogens is 1. The molecule has 1 aromatic rings. The third-order valence-corrected chi connectivity index (χ3v) is 7.51. The monoisotopic (exact) mass is 288 g/mol. The Balaban J connectivity index is 2.41. The van der Waals surface area contributed by atoms with Crippen LogP contribution < -0.4 is 0 Å². The Kier molecular flexibility index (Phi) is 3.50. The zero-order valence-corrected chi connectivity index (χ0v) is 11.3. The first-order valence-corrected chi connectivity index (χ1v) is 7.78. The van der Waals surface area contributed by atoms with Crippen LogP contribution >= 0.6 is 39.5 Å². The summed E-state index contributed by atoms with van der Waals surface area (Å²) >= 11 is 7.81. The van der Waals surface area contributed by atoms with Crippen molar-refractivity contribution in [3.05, 3.63) is 35.4 Å². The zero-order valence-electron chi connectivity index (χ0n) is 8.13. The van der Waals surface area contributed by atoms with Gasteiger partial charge in [0.05, 0.1) is 4.08 Å². The van der Waals surface area contributed by atoms with E-state index in [0.717, 1.165) is 5.33 Å². The normalized spacial score (nSPS) is 19.9. The molecule has 0 saturated carbocycles. The minimum absolute atomic E-state index is 0.269. The van der Waals surface area contributed by atoms with Gasteiger partial charge >= 0.3 is 0 Å². The van der Waals surface area contributed by atoms with Gasteiger partial charge in [0, 0.05) is 16.8 Å². The van der Waals surface area contributed by atoms with E-state index < -0.39 is 0 Å². The quantitative estimate of drug-likeness (QED) is 0.754. The standard InChI is InChI=1S/C11H13BrS2/c1-9-4-2-3-5-10(9)11(8-12)13-6-7-14-11/h2-5H,6-8H2,1H3. The predicted octanol–water partition coefficient (Wildman–Crippen LogP) is 4.02. The van der Waals surface area contributed by atoms with Crippen molar-refractivity contribution in [3.8, 4) is 0 Å². The number of benzene rings is 1. The molecule has 0 aromatic heterocycles. The van der Waals surface area contributed by atoms with Crippen LogP contribution in [-0.2, 0) is 4.08 Å². The third kappa shape index (κ3) is 1.86. The van der Waals surface area contributed by atoms with Gasteiger partial charge in [-0.15, -0.1) is 23.5 Å². The van der Waals surface area contributed by atoms with Crippen LogP contribution in [0.3, 0.4) is 0 Å². The van der Waals surface area contributed by atoms with Crippen molar-refractivity contribution in [2.75, 3.05) is 16.8 Å². The Bertz CT molecular complexity index is 319. The lowest BCUT2D eigenvalue weighted by Gasteiger charge is -2.27. The Morgan fingerprint density at radius 2 is 1.93 bits per heavy atom. The molecule has 0 radical (unpaired) electrons. The Labute approximate surface area is 102 Å². The predicted molar refractivity (Wildman–Crippen MR) is 71.6 cm³/mol. The molecule has 0 N–H and O–H groups in total. The molecule has 0 unspecified atom stereocenters. The fraction of sp³-hybridized carbons (Fsp3) is 0.455. The van der Waals surface area contributed by atoms with Gasteiger partial charge in [-0.1, -0.05) is 40.2 Å². The lowest BCUT2D eigenvalue weighted by atomic mass is 10.1. The molecule has 1 aliphatic heterocycles. The first-order valence-electron chi connectivity index (χ1n) is 4.68. The molecular weight excluding hydrogens is 276 g/mol. The van der Waals surface area contributed by atoms with Crippen LogP contribution in [0, 0.1) is 6.92 Å². The molecule has 1 saturated heterocycles. The molecular formula is C11H13BrS2. The molecule has 0 nitrogen and oxygen atoms in total. The molecule has 0 aliphatic carbocycles. The molecule has 0 bridgehead atoms. The van der Waals surface area contributed by atoms with E-state index >= 15 is 0 Å².